The quantitative estimate of drug-likeness (QED) is 0.234. The maximum Gasteiger partial charge on any atom is 0.191 e. The second-order valence-corrected chi connectivity index (χ2v) is 8.27. The van der Waals surface area contributed by atoms with Gasteiger partial charge in [0.15, 0.2) is 16.8 Å². The van der Waals surface area contributed by atoms with Gasteiger partial charge in [-0.15, -0.1) is 10.2 Å². The van der Waals surface area contributed by atoms with Crippen LogP contribution >= 0.6 is 39.3 Å². The Morgan fingerprint density at radius 3 is 2.64 bits per heavy atom. The molecule has 0 saturated heterocycles. The van der Waals surface area contributed by atoms with Crippen LogP contribution in [0.1, 0.15) is 16.8 Å². The van der Waals surface area contributed by atoms with Gasteiger partial charge >= 0.3 is 0 Å². The molecule has 0 fully saturated rings. The maximum absolute atomic E-state index is 12.5. The molecule has 0 aliphatic rings. The fraction of sp³-hybridized carbons (Fsp3) is 0.250. The first kappa shape index (κ1) is 21.0. The number of benzene rings is 2. The molecule has 8 heteroatoms. The summed E-state index contributed by atoms with van der Waals surface area (Å²) in [5, 5.41) is 9.95. The normalized spacial score (nSPS) is 11.0. The third kappa shape index (κ3) is 5.23. The highest BCUT2D eigenvalue weighted by atomic mass is 79.9. The molecule has 146 valence electrons. The highest BCUT2D eigenvalue weighted by Crippen LogP contribution is 2.29. The number of ether oxygens (including phenoxy) is 1. The number of carbonyl (C=O) groups excluding carboxylic acids is 1. The Balaban J connectivity index is 1.80. The molecule has 0 saturated carbocycles. The molecule has 0 radical (unpaired) electrons. The third-order valence-corrected chi connectivity index (χ3v) is 5.89. The van der Waals surface area contributed by atoms with Crippen molar-refractivity contribution in [3.63, 3.8) is 0 Å². The lowest BCUT2D eigenvalue weighted by Gasteiger charge is -2.11. The number of nitrogens with zero attached hydrogens (tertiary/aromatic N) is 3. The summed E-state index contributed by atoms with van der Waals surface area (Å²) in [6.07, 6.45) is 0.806. The Hall–Kier alpha value is -1.67. The lowest BCUT2D eigenvalue weighted by molar-refractivity contribution is 0.102. The van der Waals surface area contributed by atoms with Crippen molar-refractivity contribution in [3.05, 3.63) is 63.6 Å². The van der Waals surface area contributed by atoms with E-state index in [-0.39, 0.29) is 11.5 Å². The molecular weight excluding hydrogens is 462 g/mol. The number of Topliss-reactive ketones (excluding diaryl/α,β-unsaturated/α-hetero) is 1. The topological polar surface area (TPSA) is 57.0 Å². The van der Waals surface area contributed by atoms with Crippen LogP contribution in [0.2, 0.25) is 5.02 Å². The van der Waals surface area contributed by atoms with Gasteiger partial charge in [-0.2, -0.15) is 0 Å². The van der Waals surface area contributed by atoms with Crippen LogP contribution in [0.4, 0.5) is 0 Å². The van der Waals surface area contributed by atoms with Crippen molar-refractivity contribution in [3.8, 4) is 11.4 Å². The summed E-state index contributed by atoms with van der Waals surface area (Å²) in [6, 6.07) is 14.9. The van der Waals surface area contributed by atoms with Crippen LogP contribution in [0.3, 0.4) is 0 Å². The number of hydrogen-bond donors (Lipinski definition) is 0. The van der Waals surface area contributed by atoms with Crippen LogP contribution in [-0.4, -0.2) is 40.0 Å². The van der Waals surface area contributed by atoms with Gasteiger partial charge < -0.3 is 9.30 Å². The molecule has 0 unspecified atom stereocenters. The number of hydrogen-bond acceptors (Lipinski definition) is 5. The second-order valence-electron chi connectivity index (χ2n) is 6.00. The number of carbonyl (C=O) groups is 1. The summed E-state index contributed by atoms with van der Waals surface area (Å²) in [6.45, 7) is 1.30. The molecule has 0 atom stereocenters. The summed E-state index contributed by atoms with van der Waals surface area (Å²) < 4.78 is 8.11. The number of thioether (sulfide) groups is 1. The third-order valence-electron chi connectivity index (χ3n) is 4.06. The Morgan fingerprint density at radius 2 is 1.93 bits per heavy atom. The first-order valence-corrected chi connectivity index (χ1v) is 10.8. The fourth-order valence-electron chi connectivity index (χ4n) is 2.66. The van der Waals surface area contributed by atoms with Crippen LogP contribution in [-0.2, 0) is 11.3 Å². The predicted molar refractivity (Wildman–Crippen MR) is 116 cm³/mol. The second kappa shape index (κ2) is 10.2. The highest BCUT2D eigenvalue weighted by molar-refractivity contribution is 9.10. The van der Waals surface area contributed by atoms with Gasteiger partial charge in [0.1, 0.15) is 0 Å². The standard InChI is InChI=1S/C20H19BrClN3O2S/c1-27-12-4-11-25-19(16-5-2-3-6-17(16)22)23-24-20(25)28-13-18(26)14-7-9-15(21)10-8-14/h2-3,5-10H,4,11-13H2,1H3. The average Bonchev–Trinajstić information content (AvgIpc) is 3.10. The van der Waals surface area contributed by atoms with Gasteiger partial charge in [0.25, 0.3) is 0 Å². The van der Waals surface area contributed by atoms with Gasteiger partial charge in [-0.25, -0.2) is 0 Å². The van der Waals surface area contributed by atoms with E-state index in [1.165, 1.54) is 11.8 Å². The smallest absolute Gasteiger partial charge is 0.191 e. The molecule has 2 aromatic carbocycles. The van der Waals surface area contributed by atoms with Crippen molar-refractivity contribution in [2.75, 3.05) is 19.5 Å². The zero-order valence-corrected chi connectivity index (χ0v) is 18.4. The molecule has 28 heavy (non-hydrogen) atoms. The molecule has 0 N–H and O–H groups in total. The first-order chi connectivity index (χ1) is 13.6. The van der Waals surface area contributed by atoms with Crippen molar-refractivity contribution in [2.45, 2.75) is 18.1 Å². The number of ketones is 1. The molecule has 5 nitrogen and oxygen atoms in total. The number of aromatic nitrogens is 3. The predicted octanol–water partition coefficient (Wildman–Crippen LogP) is 5.37. The molecule has 0 aliphatic carbocycles. The molecule has 0 spiro atoms. The lowest BCUT2D eigenvalue weighted by Crippen LogP contribution is -2.07. The summed E-state index contributed by atoms with van der Waals surface area (Å²) in [5.41, 5.74) is 1.49. The molecule has 1 aromatic heterocycles. The Morgan fingerprint density at radius 1 is 1.18 bits per heavy atom. The zero-order chi connectivity index (χ0) is 19.9. The molecule has 1 heterocycles. The van der Waals surface area contributed by atoms with E-state index < -0.39 is 0 Å². The highest BCUT2D eigenvalue weighted by Gasteiger charge is 2.17. The maximum atomic E-state index is 12.5. The van der Waals surface area contributed by atoms with Crippen molar-refractivity contribution >= 4 is 45.1 Å². The van der Waals surface area contributed by atoms with E-state index in [1.54, 1.807) is 7.11 Å². The van der Waals surface area contributed by atoms with Crippen LogP contribution in [0.5, 0.6) is 0 Å². The minimum absolute atomic E-state index is 0.0447. The monoisotopic (exact) mass is 479 g/mol. The number of rotatable bonds is 9. The first-order valence-electron chi connectivity index (χ1n) is 8.68. The van der Waals surface area contributed by atoms with Crippen LogP contribution in [0.25, 0.3) is 11.4 Å². The minimum Gasteiger partial charge on any atom is -0.385 e. The van der Waals surface area contributed by atoms with Gasteiger partial charge in [-0.3, -0.25) is 4.79 Å². The fourth-order valence-corrected chi connectivity index (χ4v) is 4.00. The van der Waals surface area contributed by atoms with Gasteiger partial charge in [0.05, 0.1) is 10.8 Å². The van der Waals surface area contributed by atoms with E-state index in [1.807, 2.05) is 53.1 Å². The largest absolute Gasteiger partial charge is 0.385 e. The van der Waals surface area contributed by atoms with E-state index in [0.29, 0.717) is 34.7 Å². The van der Waals surface area contributed by atoms with E-state index >= 15 is 0 Å². The SMILES string of the molecule is COCCCn1c(SCC(=O)c2ccc(Br)cc2)nnc1-c1ccccc1Cl. The van der Waals surface area contributed by atoms with Gasteiger partial charge in [-0.1, -0.05) is 63.6 Å². The molecular formula is C20H19BrClN3O2S. The van der Waals surface area contributed by atoms with Crippen molar-refractivity contribution < 1.29 is 9.53 Å². The Kier molecular flexibility index (Phi) is 7.67. The molecule has 0 aliphatic heterocycles. The van der Waals surface area contributed by atoms with Gasteiger partial charge in [0, 0.05) is 35.9 Å². The zero-order valence-electron chi connectivity index (χ0n) is 15.3. The number of halogens is 2. The molecule has 3 rings (SSSR count). The van der Waals surface area contributed by atoms with Crippen LogP contribution < -0.4 is 0 Å². The van der Waals surface area contributed by atoms with E-state index in [2.05, 4.69) is 26.1 Å². The van der Waals surface area contributed by atoms with Crippen molar-refractivity contribution in [1.82, 2.24) is 14.8 Å². The average molecular weight is 481 g/mol. The summed E-state index contributed by atoms with van der Waals surface area (Å²) in [5.74, 6) is 1.02. The molecule has 0 bridgehead atoms. The van der Waals surface area contributed by atoms with Crippen molar-refractivity contribution in [1.29, 1.82) is 0 Å². The van der Waals surface area contributed by atoms with Crippen LogP contribution in [0, 0.1) is 0 Å². The van der Waals surface area contributed by atoms with E-state index in [4.69, 9.17) is 16.3 Å². The number of methoxy groups -OCH3 is 1. The van der Waals surface area contributed by atoms with Gasteiger partial charge in [0.2, 0.25) is 0 Å². The molecule has 0 amide bonds. The Labute approximate surface area is 181 Å². The summed E-state index contributed by atoms with van der Waals surface area (Å²) in [7, 11) is 1.67. The van der Waals surface area contributed by atoms with Gasteiger partial charge in [-0.05, 0) is 30.7 Å². The van der Waals surface area contributed by atoms with Crippen molar-refractivity contribution in [2.24, 2.45) is 0 Å². The van der Waals surface area contributed by atoms with E-state index in [9.17, 15) is 4.79 Å². The summed E-state index contributed by atoms with van der Waals surface area (Å²) >= 11 is 11.1. The Bertz CT molecular complexity index is 947. The lowest BCUT2D eigenvalue weighted by atomic mass is 10.2. The minimum atomic E-state index is 0.0447. The molecule has 3 aromatic rings. The van der Waals surface area contributed by atoms with E-state index in [0.717, 1.165) is 16.5 Å². The van der Waals surface area contributed by atoms with Crippen LogP contribution in [0.15, 0.2) is 58.2 Å². The summed E-state index contributed by atoms with van der Waals surface area (Å²) in [4.78, 5) is 12.5.